The van der Waals surface area contributed by atoms with E-state index in [2.05, 4.69) is 5.32 Å². The topological polar surface area (TPSA) is 66.5 Å². The summed E-state index contributed by atoms with van der Waals surface area (Å²) in [6, 6.07) is 19.9. The molecule has 0 aliphatic rings. The summed E-state index contributed by atoms with van der Waals surface area (Å²) in [6.07, 6.45) is 0. The summed E-state index contributed by atoms with van der Waals surface area (Å²) < 4.78 is 26.7. The molecule has 3 aromatic rings. The van der Waals surface area contributed by atoms with Crippen molar-refractivity contribution in [2.75, 3.05) is 11.4 Å². The summed E-state index contributed by atoms with van der Waals surface area (Å²) in [5, 5.41) is 3.40. The smallest absolute Gasteiger partial charge is 0.264 e. The highest BCUT2D eigenvalue weighted by molar-refractivity contribution is 7.92. The number of hydrogen-bond donors (Lipinski definition) is 1. The van der Waals surface area contributed by atoms with Crippen molar-refractivity contribution in [3.8, 4) is 0 Å². The van der Waals surface area contributed by atoms with E-state index in [4.69, 9.17) is 23.2 Å². The number of benzene rings is 3. The molecule has 0 heterocycles. The SMILES string of the molecule is CN(c1ccc(C(=O)NCc2ccccc2)c(Cl)c1)S(=O)(=O)c1ccc(Cl)cc1. The maximum atomic E-state index is 12.8. The fraction of sp³-hybridized carbons (Fsp3) is 0.0952. The minimum Gasteiger partial charge on any atom is -0.348 e. The van der Waals surface area contributed by atoms with Gasteiger partial charge in [0.25, 0.3) is 15.9 Å². The molecule has 3 aromatic carbocycles. The van der Waals surface area contributed by atoms with Crippen LogP contribution in [0.4, 0.5) is 5.69 Å². The molecule has 8 heteroatoms. The van der Waals surface area contributed by atoms with Gasteiger partial charge in [0.05, 0.1) is 21.2 Å². The number of nitrogens with zero attached hydrogens (tertiary/aromatic N) is 1. The molecule has 1 N–H and O–H groups in total. The van der Waals surface area contributed by atoms with Crippen molar-refractivity contribution in [1.82, 2.24) is 5.32 Å². The van der Waals surface area contributed by atoms with Crippen molar-refractivity contribution in [2.24, 2.45) is 0 Å². The van der Waals surface area contributed by atoms with Crippen LogP contribution in [0.15, 0.2) is 77.7 Å². The van der Waals surface area contributed by atoms with E-state index >= 15 is 0 Å². The van der Waals surface area contributed by atoms with Crippen LogP contribution in [0.25, 0.3) is 0 Å². The average Bonchev–Trinajstić information content (AvgIpc) is 2.72. The van der Waals surface area contributed by atoms with Crippen molar-refractivity contribution in [1.29, 1.82) is 0 Å². The molecule has 0 saturated carbocycles. The van der Waals surface area contributed by atoms with E-state index in [1.54, 1.807) is 0 Å². The molecule has 0 aliphatic heterocycles. The highest BCUT2D eigenvalue weighted by atomic mass is 35.5. The van der Waals surface area contributed by atoms with E-state index in [0.29, 0.717) is 17.3 Å². The minimum absolute atomic E-state index is 0.102. The largest absolute Gasteiger partial charge is 0.348 e. The lowest BCUT2D eigenvalue weighted by atomic mass is 10.1. The quantitative estimate of drug-likeness (QED) is 0.591. The van der Waals surface area contributed by atoms with Crippen LogP contribution < -0.4 is 9.62 Å². The zero-order chi connectivity index (χ0) is 21.0. The lowest BCUT2D eigenvalue weighted by Gasteiger charge is -2.20. The second-order valence-electron chi connectivity index (χ2n) is 6.26. The number of sulfonamides is 1. The van der Waals surface area contributed by atoms with E-state index in [9.17, 15) is 13.2 Å². The Hall–Kier alpha value is -2.54. The molecular formula is C21H18Cl2N2O3S. The lowest BCUT2D eigenvalue weighted by Crippen LogP contribution is -2.27. The van der Waals surface area contributed by atoms with Crippen molar-refractivity contribution in [3.63, 3.8) is 0 Å². The number of halogens is 2. The molecule has 29 heavy (non-hydrogen) atoms. The summed E-state index contributed by atoms with van der Waals surface area (Å²) >= 11 is 12.1. The van der Waals surface area contributed by atoms with Gasteiger partial charge in [-0.25, -0.2) is 8.42 Å². The van der Waals surface area contributed by atoms with Crippen LogP contribution in [0.5, 0.6) is 0 Å². The van der Waals surface area contributed by atoms with E-state index in [0.717, 1.165) is 9.87 Å². The summed E-state index contributed by atoms with van der Waals surface area (Å²) in [4.78, 5) is 12.5. The summed E-state index contributed by atoms with van der Waals surface area (Å²) in [7, 11) is -2.37. The Bertz CT molecular complexity index is 1120. The zero-order valence-corrected chi connectivity index (χ0v) is 17.8. The van der Waals surface area contributed by atoms with Gasteiger partial charge in [0.2, 0.25) is 0 Å². The third kappa shape index (κ3) is 4.90. The van der Waals surface area contributed by atoms with Crippen LogP contribution in [0.1, 0.15) is 15.9 Å². The maximum absolute atomic E-state index is 12.8. The number of carbonyl (C=O) groups excluding carboxylic acids is 1. The van der Waals surface area contributed by atoms with Gasteiger partial charge in [-0.3, -0.25) is 9.10 Å². The van der Waals surface area contributed by atoms with Gasteiger partial charge >= 0.3 is 0 Å². The Morgan fingerprint density at radius 3 is 2.24 bits per heavy atom. The third-order valence-electron chi connectivity index (χ3n) is 4.33. The molecule has 3 rings (SSSR count). The molecule has 0 aliphatic carbocycles. The maximum Gasteiger partial charge on any atom is 0.264 e. The first kappa shape index (κ1) is 21.2. The number of rotatable bonds is 6. The van der Waals surface area contributed by atoms with E-state index in [1.165, 1.54) is 49.5 Å². The van der Waals surface area contributed by atoms with Crippen molar-refractivity contribution >= 4 is 44.8 Å². The fourth-order valence-electron chi connectivity index (χ4n) is 2.66. The predicted octanol–water partition coefficient (Wildman–Crippen LogP) is 4.75. The van der Waals surface area contributed by atoms with Crippen molar-refractivity contribution in [3.05, 3.63) is 94.0 Å². The van der Waals surface area contributed by atoms with Gasteiger partial charge in [-0.05, 0) is 48.0 Å². The van der Waals surface area contributed by atoms with Crippen molar-refractivity contribution in [2.45, 2.75) is 11.4 Å². The van der Waals surface area contributed by atoms with Gasteiger partial charge in [-0.15, -0.1) is 0 Å². The number of nitrogens with one attached hydrogen (secondary N) is 1. The average molecular weight is 449 g/mol. The van der Waals surface area contributed by atoms with Gasteiger partial charge < -0.3 is 5.32 Å². The summed E-state index contributed by atoms with van der Waals surface area (Å²) in [5.41, 5.74) is 1.57. The lowest BCUT2D eigenvalue weighted by molar-refractivity contribution is 0.0951. The van der Waals surface area contributed by atoms with Crippen LogP contribution in [-0.4, -0.2) is 21.4 Å². The number of anilines is 1. The molecule has 0 radical (unpaired) electrons. The Balaban J connectivity index is 1.77. The van der Waals surface area contributed by atoms with Gasteiger partial charge in [-0.2, -0.15) is 0 Å². The zero-order valence-electron chi connectivity index (χ0n) is 15.5. The molecule has 0 fully saturated rings. The molecule has 1 amide bonds. The highest BCUT2D eigenvalue weighted by Crippen LogP contribution is 2.27. The Morgan fingerprint density at radius 2 is 1.62 bits per heavy atom. The van der Waals surface area contributed by atoms with E-state index in [-0.39, 0.29) is 21.4 Å². The molecule has 0 unspecified atom stereocenters. The molecule has 0 bridgehead atoms. The Morgan fingerprint density at radius 1 is 0.966 bits per heavy atom. The molecule has 150 valence electrons. The van der Waals surface area contributed by atoms with Gasteiger partial charge in [-0.1, -0.05) is 53.5 Å². The first-order chi connectivity index (χ1) is 13.8. The summed E-state index contributed by atoms with van der Waals surface area (Å²) in [6.45, 7) is 0.364. The molecule has 0 atom stereocenters. The standard InChI is InChI=1S/C21H18Cl2N2O3S/c1-25(29(27,28)18-10-7-16(22)8-11-18)17-9-12-19(20(23)13-17)21(26)24-14-15-5-3-2-4-6-15/h2-13H,14H2,1H3,(H,24,26). The number of amides is 1. The third-order valence-corrected chi connectivity index (χ3v) is 6.69. The highest BCUT2D eigenvalue weighted by Gasteiger charge is 2.22. The van der Waals surface area contributed by atoms with Crippen molar-refractivity contribution < 1.29 is 13.2 Å². The minimum atomic E-state index is -3.79. The monoisotopic (exact) mass is 448 g/mol. The first-order valence-electron chi connectivity index (χ1n) is 8.65. The molecule has 0 spiro atoms. The van der Waals surface area contributed by atoms with Crippen LogP contribution in [0.2, 0.25) is 10.0 Å². The summed E-state index contributed by atoms with van der Waals surface area (Å²) in [5.74, 6) is -0.339. The molecule has 5 nitrogen and oxygen atoms in total. The number of hydrogen-bond acceptors (Lipinski definition) is 3. The molecule has 0 aromatic heterocycles. The molecular weight excluding hydrogens is 431 g/mol. The predicted molar refractivity (Wildman–Crippen MR) is 116 cm³/mol. The normalized spacial score (nSPS) is 11.1. The Kier molecular flexibility index (Phi) is 6.47. The molecule has 0 saturated heterocycles. The van der Waals surface area contributed by atoms with Crippen LogP contribution in [0.3, 0.4) is 0 Å². The second-order valence-corrected chi connectivity index (χ2v) is 9.07. The first-order valence-corrected chi connectivity index (χ1v) is 10.8. The van der Waals surface area contributed by atoms with Gasteiger partial charge in [0, 0.05) is 18.6 Å². The van der Waals surface area contributed by atoms with Crippen LogP contribution in [0, 0.1) is 0 Å². The van der Waals surface area contributed by atoms with E-state index < -0.39 is 10.0 Å². The van der Waals surface area contributed by atoms with Gasteiger partial charge in [0.15, 0.2) is 0 Å². The Labute approximate surface area is 179 Å². The van der Waals surface area contributed by atoms with Crippen LogP contribution in [-0.2, 0) is 16.6 Å². The van der Waals surface area contributed by atoms with Gasteiger partial charge in [0.1, 0.15) is 0 Å². The van der Waals surface area contributed by atoms with Crippen LogP contribution >= 0.6 is 23.2 Å². The number of carbonyl (C=O) groups is 1. The fourth-order valence-corrected chi connectivity index (χ4v) is 4.23. The van der Waals surface area contributed by atoms with E-state index in [1.807, 2.05) is 30.3 Å². The second kappa shape index (κ2) is 8.86.